The molecule has 5 nitrogen and oxygen atoms in total. The van der Waals surface area contributed by atoms with Crippen LogP contribution in [0.5, 0.6) is 0 Å². The van der Waals surface area contributed by atoms with Gasteiger partial charge in [-0.25, -0.2) is 0 Å². The van der Waals surface area contributed by atoms with Crippen molar-refractivity contribution in [3.05, 3.63) is 34.0 Å². The van der Waals surface area contributed by atoms with Crippen molar-refractivity contribution in [1.82, 2.24) is 0 Å². The van der Waals surface area contributed by atoms with Crippen LogP contribution in [0.1, 0.15) is 10.6 Å². The van der Waals surface area contributed by atoms with Gasteiger partial charge in [0.1, 0.15) is 5.58 Å². The minimum absolute atomic E-state index is 0. The SMILES string of the molecule is Cl.NC(N)=NC(=O)c1cc2cc(Cl)c(Cl)cc2o1. The summed E-state index contributed by atoms with van der Waals surface area (Å²) >= 11 is 11.7. The molecule has 4 N–H and O–H groups in total. The van der Waals surface area contributed by atoms with Crippen LogP contribution in [-0.2, 0) is 0 Å². The number of guanidine groups is 1. The molecule has 0 bridgehead atoms. The number of benzene rings is 1. The maximum absolute atomic E-state index is 11.5. The predicted molar refractivity (Wildman–Crippen MR) is 73.6 cm³/mol. The first-order valence-electron chi connectivity index (χ1n) is 4.50. The van der Waals surface area contributed by atoms with Gasteiger partial charge in [0.15, 0.2) is 11.7 Å². The standard InChI is InChI=1S/C10H7Cl2N3O2.ClH/c11-5-1-4-2-8(9(16)15-10(13)14)17-7(4)3-6(5)12;/h1-3H,(H4,13,14,15,16);1H. The number of aliphatic imine (C=N–C) groups is 1. The molecule has 0 aliphatic carbocycles. The number of amides is 1. The highest BCUT2D eigenvalue weighted by molar-refractivity contribution is 6.42. The third-order valence-corrected chi connectivity index (χ3v) is 2.72. The number of hydrogen-bond donors (Lipinski definition) is 2. The fraction of sp³-hybridized carbons (Fsp3) is 0. The first-order valence-corrected chi connectivity index (χ1v) is 5.25. The normalized spacial score (nSPS) is 9.89. The zero-order valence-corrected chi connectivity index (χ0v) is 11.1. The number of carbonyl (C=O) groups excluding carboxylic acids is 1. The van der Waals surface area contributed by atoms with Gasteiger partial charge in [0.05, 0.1) is 10.0 Å². The molecule has 0 unspecified atom stereocenters. The van der Waals surface area contributed by atoms with Crippen LogP contribution < -0.4 is 11.5 Å². The molecule has 0 saturated carbocycles. The topological polar surface area (TPSA) is 94.6 Å². The summed E-state index contributed by atoms with van der Waals surface area (Å²) in [5.74, 6) is -0.966. The van der Waals surface area contributed by atoms with Gasteiger partial charge in [-0.2, -0.15) is 4.99 Å². The van der Waals surface area contributed by atoms with E-state index in [0.29, 0.717) is 21.0 Å². The predicted octanol–water partition coefficient (Wildman–Crippen LogP) is 2.58. The number of nitrogens with zero attached hydrogens (tertiary/aromatic N) is 1. The minimum atomic E-state index is -0.659. The van der Waals surface area contributed by atoms with Crippen molar-refractivity contribution >= 4 is 58.4 Å². The molecule has 0 aliphatic heterocycles. The zero-order chi connectivity index (χ0) is 12.6. The van der Waals surface area contributed by atoms with Gasteiger partial charge in [0, 0.05) is 11.5 Å². The van der Waals surface area contributed by atoms with Crippen LogP contribution in [0.4, 0.5) is 0 Å². The Morgan fingerprint density at radius 2 is 1.78 bits per heavy atom. The maximum Gasteiger partial charge on any atom is 0.315 e. The molecule has 0 atom stereocenters. The van der Waals surface area contributed by atoms with E-state index in [0.717, 1.165) is 0 Å². The smallest absolute Gasteiger partial charge is 0.315 e. The van der Waals surface area contributed by atoms with E-state index in [-0.39, 0.29) is 24.1 Å². The van der Waals surface area contributed by atoms with Gasteiger partial charge in [-0.05, 0) is 12.1 Å². The first-order chi connectivity index (χ1) is 7.97. The van der Waals surface area contributed by atoms with E-state index >= 15 is 0 Å². The quantitative estimate of drug-likeness (QED) is 0.625. The van der Waals surface area contributed by atoms with Crippen LogP contribution in [0.25, 0.3) is 11.0 Å². The molecule has 0 aliphatic rings. The molecule has 0 fully saturated rings. The van der Waals surface area contributed by atoms with E-state index in [1.807, 2.05) is 0 Å². The van der Waals surface area contributed by atoms with Crippen molar-refractivity contribution in [3.63, 3.8) is 0 Å². The molecule has 1 aromatic heterocycles. The summed E-state index contributed by atoms with van der Waals surface area (Å²) in [4.78, 5) is 14.8. The second-order valence-corrected chi connectivity index (χ2v) is 4.07. The zero-order valence-electron chi connectivity index (χ0n) is 8.81. The molecule has 0 spiro atoms. The number of halogens is 3. The third-order valence-electron chi connectivity index (χ3n) is 2.00. The molecule has 1 amide bonds. The number of nitrogens with two attached hydrogens (primary N) is 2. The molecule has 2 rings (SSSR count). The summed E-state index contributed by atoms with van der Waals surface area (Å²) < 4.78 is 5.26. The van der Waals surface area contributed by atoms with E-state index in [1.165, 1.54) is 12.1 Å². The van der Waals surface area contributed by atoms with Crippen molar-refractivity contribution < 1.29 is 9.21 Å². The third kappa shape index (κ3) is 2.87. The van der Waals surface area contributed by atoms with Gasteiger partial charge in [0.25, 0.3) is 0 Å². The van der Waals surface area contributed by atoms with Crippen molar-refractivity contribution in [1.29, 1.82) is 0 Å². The highest BCUT2D eigenvalue weighted by atomic mass is 35.5. The Kier molecular flexibility index (Phi) is 4.45. The van der Waals surface area contributed by atoms with Crippen LogP contribution in [-0.4, -0.2) is 11.9 Å². The van der Waals surface area contributed by atoms with Crippen LogP contribution >= 0.6 is 35.6 Å². The molecule has 18 heavy (non-hydrogen) atoms. The van der Waals surface area contributed by atoms with Gasteiger partial charge in [-0.1, -0.05) is 23.2 Å². The van der Waals surface area contributed by atoms with Gasteiger partial charge >= 0.3 is 5.91 Å². The summed E-state index contributed by atoms with van der Waals surface area (Å²) in [7, 11) is 0. The molecular weight excluding hydrogens is 300 g/mol. The van der Waals surface area contributed by atoms with E-state index in [9.17, 15) is 4.79 Å². The van der Waals surface area contributed by atoms with Crippen molar-refractivity contribution in [2.24, 2.45) is 16.5 Å². The van der Waals surface area contributed by atoms with Gasteiger partial charge in [-0.3, -0.25) is 4.79 Å². The number of fused-ring (bicyclic) bond motifs is 1. The van der Waals surface area contributed by atoms with Crippen LogP contribution in [0.2, 0.25) is 10.0 Å². The number of carbonyl (C=O) groups is 1. The van der Waals surface area contributed by atoms with Gasteiger partial charge < -0.3 is 15.9 Å². The summed E-state index contributed by atoms with van der Waals surface area (Å²) in [6.45, 7) is 0. The van der Waals surface area contributed by atoms with E-state index in [1.54, 1.807) is 6.07 Å². The summed E-state index contributed by atoms with van der Waals surface area (Å²) in [5.41, 5.74) is 10.6. The number of hydrogen-bond acceptors (Lipinski definition) is 2. The van der Waals surface area contributed by atoms with Crippen molar-refractivity contribution in [2.75, 3.05) is 0 Å². The fourth-order valence-corrected chi connectivity index (χ4v) is 1.64. The van der Waals surface area contributed by atoms with Crippen molar-refractivity contribution in [2.45, 2.75) is 0 Å². The lowest BCUT2D eigenvalue weighted by molar-refractivity contribution is 0.0978. The number of furan rings is 1. The summed E-state index contributed by atoms with van der Waals surface area (Å²) in [6, 6.07) is 4.60. The Morgan fingerprint density at radius 3 is 2.39 bits per heavy atom. The molecule has 8 heteroatoms. The van der Waals surface area contributed by atoms with Crippen molar-refractivity contribution in [3.8, 4) is 0 Å². The van der Waals surface area contributed by atoms with Crippen LogP contribution in [0.15, 0.2) is 27.6 Å². The minimum Gasteiger partial charge on any atom is -0.451 e. The Balaban J connectivity index is 0.00000162. The second-order valence-electron chi connectivity index (χ2n) is 3.26. The van der Waals surface area contributed by atoms with Crippen LogP contribution in [0, 0.1) is 0 Å². The second kappa shape index (κ2) is 5.48. The average molecular weight is 309 g/mol. The molecule has 2 aromatic rings. The van der Waals surface area contributed by atoms with Gasteiger partial charge in [-0.15, -0.1) is 12.4 Å². The average Bonchev–Trinajstić information content (AvgIpc) is 2.60. The molecule has 96 valence electrons. The monoisotopic (exact) mass is 307 g/mol. The lowest BCUT2D eigenvalue weighted by Crippen LogP contribution is -2.24. The van der Waals surface area contributed by atoms with Crippen LogP contribution in [0.3, 0.4) is 0 Å². The first kappa shape index (κ1) is 14.6. The lowest BCUT2D eigenvalue weighted by Gasteiger charge is -1.93. The molecule has 0 radical (unpaired) electrons. The van der Waals surface area contributed by atoms with E-state index < -0.39 is 5.91 Å². The molecular formula is C10H8Cl3N3O2. The summed E-state index contributed by atoms with van der Waals surface area (Å²) in [5, 5.41) is 1.36. The largest absolute Gasteiger partial charge is 0.451 e. The van der Waals surface area contributed by atoms with E-state index in [4.69, 9.17) is 39.1 Å². The maximum atomic E-state index is 11.5. The molecule has 1 aromatic carbocycles. The highest BCUT2D eigenvalue weighted by Crippen LogP contribution is 2.29. The Morgan fingerprint density at radius 1 is 1.17 bits per heavy atom. The molecule has 1 heterocycles. The fourth-order valence-electron chi connectivity index (χ4n) is 1.31. The van der Waals surface area contributed by atoms with Gasteiger partial charge in [0.2, 0.25) is 0 Å². The molecule has 0 saturated heterocycles. The highest BCUT2D eigenvalue weighted by Gasteiger charge is 2.13. The van der Waals surface area contributed by atoms with E-state index in [2.05, 4.69) is 4.99 Å². The Labute approximate surface area is 118 Å². The Bertz CT molecular complexity index is 594. The lowest BCUT2D eigenvalue weighted by atomic mass is 10.2. The number of rotatable bonds is 1. The summed E-state index contributed by atoms with van der Waals surface area (Å²) in [6.07, 6.45) is 0. The Hall–Kier alpha value is -1.43.